The van der Waals surface area contributed by atoms with Crippen LogP contribution in [0.3, 0.4) is 0 Å². The Morgan fingerprint density at radius 3 is 2.33 bits per heavy atom. The van der Waals surface area contributed by atoms with Gasteiger partial charge < -0.3 is 9.90 Å². The molecule has 0 saturated heterocycles. The summed E-state index contributed by atoms with van der Waals surface area (Å²) in [6.07, 6.45) is 1.27. The Hall–Kier alpha value is 0.760. The van der Waals surface area contributed by atoms with E-state index < -0.39 is 11.3 Å². The van der Waals surface area contributed by atoms with Crippen molar-refractivity contribution in [2.45, 2.75) is 25.1 Å². The standard InChI is InChI=1S/C5H9ClO2.Na/c1-2-3-4(6)5(7)8;/h4H,2-3H2,1H3,(H,7,8);/q;+1/p-1/t4-;/m1./s1. The SMILES string of the molecule is CCC[C@@H](Cl)C(=O)[O-].[Na+]. The molecule has 0 bridgehead atoms. The smallest absolute Gasteiger partial charge is 0.549 e. The van der Waals surface area contributed by atoms with Gasteiger partial charge in [-0.2, -0.15) is 0 Å². The Labute approximate surface area is 81.9 Å². The summed E-state index contributed by atoms with van der Waals surface area (Å²) >= 11 is 5.25. The van der Waals surface area contributed by atoms with E-state index in [1.54, 1.807) is 0 Å². The molecule has 4 heteroatoms. The number of carboxylic acid groups (broad SMARTS) is 1. The molecule has 0 aromatic rings. The predicted molar refractivity (Wildman–Crippen MR) is 29.6 cm³/mol. The quantitative estimate of drug-likeness (QED) is 0.328. The largest absolute Gasteiger partial charge is 1.00 e. The second kappa shape index (κ2) is 6.87. The molecule has 0 radical (unpaired) electrons. The van der Waals surface area contributed by atoms with Crippen LogP contribution in [-0.4, -0.2) is 11.3 Å². The number of alkyl halides is 1. The van der Waals surface area contributed by atoms with Crippen LogP contribution in [0.5, 0.6) is 0 Å². The van der Waals surface area contributed by atoms with E-state index in [0.29, 0.717) is 6.42 Å². The van der Waals surface area contributed by atoms with Crippen LogP contribution in [0.1, 0.15) is 19.8 Å². The molecule has 9 heavy (non-hydrogen) atoms. The van der Waals surface area contributed by atoms with Crippen LogP contribution in [-0.2, 0) is 4.79 Å². The average molecular weight is 159 g/mol. The Morgan fingerprint density at radius 2 is 2.22 bits per heavy atom. The first kappa shape index (κ1) is 12.4. The molecule has 0 aromatic heterocycles. The first-order chi connectivity index (χ1) is 3.68. The Balaban J connectivity index is 0. The minimum absolute atomic E-state index is 0. The number of hydrogen-bond donors (Lipinski definition) is 0. The van der Waals surface area contributed by atoms with Gasteiger partial charge in [0.2, 0.25) is 0 Å². The van der Waals surface area contributed by atoms with Gasteiger partial charge in [-0.1, -0.05) is 13.3 Å². The van der Waals surface area contributed by atoms with Crippen molar-refractivity contribution in [3.63, 3.8) is 0 Å². The van der Waals surface area contributed by atoms with Crippen molar-refractivity contribution in [1.82, 2.24) is 0 Å². The zero-order chi connectivity index (χ0) is 6.57. The molecule has 0 saturated carbocycles. The molecule has 0 aromatic carbocycles. The van der Waals surface area contributed by atoms with Gasteiger partial charge in [-0.15, -0.1) is 11.6 Å². The molecule has 0 N–H and O–H groups in total. The Bertz CT molecular complexity index is 87.0. The van der Waals surface area contributed by atoms with Crippen molar-refractivity contribution in [2.24, 2.45) is 0 Å². The molecule has 0 spiro atoms. The second-order valence-electron chi connectivity index (χ2n) is 1.58. The summed E-state index contributed by atoms with van der Waals surface area (Å²) in [6.45, 7) is 1.87. The van der Waals surface area contributed by atoms with Crippen molar-refractivity contribution in [3.05, 3.63) is 0 Å². The average Bonchev–Trinajstić information content (AvgIpc) is 1.67. The number of carbonyl (C=O) groups excluding carboxylic acids is 1. The fourth-order valence-electron chi connectivity index (χ4n) is 0.371. The van der Waals surface area contributed by atoms with Gasteiger partial charge in [-0.3, -0.25) is 0 Å². The van der Waals surface area contributed by atoms with Crippen LogP contribution in [0.25, 0.3) is 0 Å². The summed E-state index contributed by atoms with van der Waals surface area (Å²) < 4.78 is 0. The first-order valence-corrected chi connectivity index (χ1v) is 2.97. The zero-order valence-electron chi connectivity index (χ0n) is 5.69. The third kappa shape index (κ3) is 6.65. The van der Waals surface area contributed by atoms with Crippen LogP contribution < -0.4 is 34.7 Å². The number of hydrogen-bond acceptors (Lipinski definition) is 2. The van der Waals surface area contributed by atoms with E-state index in [9.17, 15) is 9.90 Å². The van der Waals surface area contributed by atoms with Gasteiger partial charge in [0.15, 0.2) is 0 Å². The summed E-state index contributed by atoms with van der Waals surface area (Å²) in [6, 6.07) is 0. The summed E-state index contributed by atoms with van der Waals surface area (Å²) in [5, 5.41) is 9.04. The van der Waals surface area contributed by atoms with Crippen LogP contribution in [0.2, 0.25) is 0 Å². The van der Waals surface area contributed by atoms with Gasteiger partial charge >= 0.3 is 29.6 Å². The zero-order valence-corrected chi connectivity index (χ0v) is 8.44. The monoisotopic (exact) mass is 158 g/mol. The van der Waals surface area contributed by atoms with Crippen LogP contribution in [0.4, 0.5) is 0 Å². The Kier molecular flexibility index (Phi) is 9.50. The number of aliphatic carboxylic acids is 1. The normalized spacial score (nSPS) is 11.8. The number of carboxylic acids is 1. The fourth-order valence-corrected chi connectivity index (χ4v) is 0.590. The van der Waals surface area contributed by atoms with E-state index in [1.165, 1.54) is 0 Å². The van der Waals surface area contributed by atoms with Crippen LogP contribution >= 0.6 is 11.6 Å². The molecule has 0 aliphatic rings. The van der Waals surface area contributed by atoms with E-state index in [0.717, 1.165) is 6.42 Å². The van der Waals surface area contributed by atoms with Gasteiger partial charge in [0.25, 0.3) is 0 Å². The predicted octanol–water partition coefficient (Wildman–Crippen LogP) is -2.85. The topological polar surface area (TPSA) is 40.1 Å². The number of carbonyl (C=O) groups is 1. The molecule has 0 fully saturated rings. The van der Waals surface area contributed by atoms with Crippen molar-refractivity contribution in [2.75, 3.05) is 0 Å². The molecule has 0 aliphatic heterocycles. The summed E-state index contributed by atoms with van der Waals surface area (Å²) in [5.74, 6) is -1.17. The molecule has 2 nitrogen and oxygen atoms in total. The van der Waals surface area contributed by atoms with Crippen molar-refractivity contribution >= 4 is 17.6 Å². The number of halogens is 1. The number of rotatable bonds is 3. The van der Waals surface area contributed by atoms with Crippen molar-refractivity contribution in [1.29, 1.82) is 0 Å². The van der Waals surface area contributed by atoms with Gasteiger partial charge in [-0.25, -0.2) is 0 Å². The van der Waals surface area contributed by atoms with E-state index in [4.69, 9.17) is 11.6 Å². The van der Waals surface area contributed by atoms with Gasteiger partial charge in [-0.05, 0) is 6.42 Å². The first-order valence-electron chi connectivity index (χ1n) is 2.53. The van der Waals surface area contributed by atoms with E-state index in [-0.39, 0.29) is 29.6 Å². The molecule has 0 heterocycles. The maximum absolute atomic E-state index is 9.85. The van der Waals surface area contributed by atoms with Gasteiger partial charge in [0.05, 0.1) is 11.3 Å². The molecule has 0 unspecified atom stereocenters. The summed E-state index contributed by atoms with van der Waals surface area (Å²) in [7, 11) is 0. The Morgan fingerprint density at radius 1 is 1.78 bits per heavy atom. The third-order valence-corrected chi connectivity index (χ3v) is 1.19. The van der Waals surface area contributed by atoms with Crippen molar-refractivity contribution in [3.8, 4) is 0 Å². The molecule has 0 rings (SSSR count). The van der Waals surface area contributed by atoms with E-state index in [1.807, 2.05) is 6.92 Å². The van der Waals surface area contributed by atoms with Crippen LogP contribution in [0, 0.1) is 0 Å². The molecule has 0 aliphatic carbocycles. The minimum atomic E-state index is -1.17. The summed E-state index contributed by atoms with van der Waals surface area (Å²) in [5.41, 5.74) is 0. The molecule has 1 atom stereocenters. The van der Waals surface area contributed by atoms with E-state index in [2.05, 4.69) is 0 Å². The van der Waals surface area contributed by atoms with E-state index >= 15 is 0 Å². The second-order valence-corrected chi connectivity index (χ2v) is 2.10. The van der Waals surface area contributed by atoms with Crippen molar-refractivity contribution < 1.29 is 39.5 Å². The maximum atomic E-state index is 9.85. The molecule has 0 amide bonds. The molecular weight excluding hydrogens is 150 g/mol. The van der Waals surface area contributed by atoms with Gasteiger partial charge in [0.1, 0.15) is 0 Å². The fraction of sp³-hybridized carbons (Fsp3) is 0.800. The van der Waals surface area contributed by atoms with Crippen LogP contribution in [0.15, 0.2) is 0 Å². The van der Waals surface area contributed by atoms with Gasteiger partial charge in [0, 0.05) is 0 Å². The summed E-state index contributed by atoms with van der Waals surface area (Å²) in [4.78, 5) is 9.85. The molecular formula is C5H8ClNaO2. The maximum Gasteiger partial charge on any atom is 1.00 e. The molecule has 48 valence electrons. The minimum Gasteiger partial charge on any atom is -0.549 e. The third-order valence-electron chi connectivity index (χ3n) is 0.798.